The van der Waals surface area contributed by atoms with Crippen LogP contribution in [-0.4, -0.2) is 21.2 Å². The van der Waals surface area contributed by atoms with Crippen LogP contribution in [-0.2, 0) is 4.74 Å². The van der Waals surface area contributed by atoms with Gasteiger partial charge >= 0.3 is 0 Å². The molecular formula is C17H26O2Si. The Hall–Kier alpha value is -0.933. The average molecular weight is 290 g/mol. The van der Waals surface area contributed by atoms with E-state index in [9.17, 15) is 4.79 Å². The first-order valence-electron chi connectivity index (χ1n) is 7.89. The first kappa shape index (κ1) is 15.5. The van der Waals surface area contributed by atoms with Crippen LogP contribution >= 0.6 is 0 Å². The zero-order valence-electron chi connectivity index (χ0n) is 12.9. The molecule has 0 aliphatic heterocycles. The van der Waals surface area contributed by atoms with Gasteiger partial charge in [0.15, 0.2) is 5.78 Å². The molecule has 1 atom stereocenters. The lowest BCUT2D eigenvalue weighted by molar-refractivity contribution is 0.0922. The molecular weight excluding hydrogens is 264 g/mol. The normalized spacial score (nSPS) is 17.6. The zero-order chi connectivity index (χ0) is 14.5. The molecule has 3 heteroatoms. The van der Waals surface area contributed by atoms with Crippen LogP contribution < -0.4 is 0 Å². The number of Topliss-reactive ketones (excluding diaryl/α,β-unsaturated/α-hetero) is 1. The van der Waals surface area contributed by atoms with Gasteiger partial charge < -0.3 is 4.74 Å². The van der Waals surface area contributed by atoms with Crippen molar-refractivity contribution in [2.75, 3.05) is 6.61 Å². The molecule has 0 aromatic heterocycles. The molecule has 0 spiro atoms. The molecule has 0 amide bonds. The number of hydrogen-bond donors (Lipinski definition) is 0. The van der Waals surface area contributed by atoms with Crippen molar-refractivity contribution in [1.82, 2.24) is 0 Å². The van der Waals surface area contributed by atoms with Crippen molar-refractivity contribution in [2.24, 2.45) is 5.92 Å². The fraction of sp³-hybridized carbons (Fsp3) is 0.588. The van der Waals surface area contributed by atoms with Crippen LogP contribution in [0, 0.1) is 5.92 Å². The topological polar surface area (TPSA) is 26.3 Å². The molecule has 2 nitrogen and oxygen atoms in total. The van der Waals surface area contributed by atoms with Gasteiger partial charge in [-0.15, -0.1) is 0 Å². The molecule has 1 aliphatic carbocycles. The van der Waals surface area contributed by atoms with Crippen LogP contribution in [0.3, 0.4) is 0 Å². The van der Waals surface area contributed by atoms with E-state index in [1.807, 2.05) is 19.1 Å². The Kier molecular flexibility index (Phi) is 5.55. The molecule has 0 N–H and O–H groups in total. The van der Waals surface area contributed by atoms with Gasteiger partial charge in [0, 0.05) is 18.1 Å². The second kappa shape index (κ2) is 7.18. The highest BCUT2D eigenvalue weighted by Crippen LogP contribution is 2.29. The van der Waals surface area contributed by atoms with Crippen LogP contribution in [0.15, 0.2) is 24.3 Å². The van der Waals surface area contributed by atoms with E-state index in [4.69, 9.17) is 4.74 Å². The summed E-state index contributed by atoms with van der Waals surface area (Å²) < 4.78 is 5.87. The molecule has 20 heavy (non-hydrogen) atoms. The van der Waals surface area contributed by atoms with Crippen LogP contribution in [0.1, 0.15) is 54.3 Å². The summed E-state index contributed by atoms with van der Waals surface area (Å²) in [7, 11) is -0.899. The zero-order valence-corrected chi connectivity index (χ0v) is 14.0. The van der Waals surface area contributed by atoms with Gasteiger partial charge in [-0.3, -0.25) is 4.79 Å². The summed E-state index contributed by atoms with van der Waals surface area (Å²) >= 11 is 0. The van der Waals surface area contributed by atoms with Gasteiger partial charge in [-0.05, 0) is 25.3 Å². The summed E-state index contributed by atoms with van der Waals surface area (Å²) in [6.45, 7) is 7.40. The smallest absolute Gasteiger partial charge is 0.165 e. The summed E-state index contributed by atoms with van der Waals surface area (Å²) in [5.74, 6) is 0.604. The first-order valence-corrected chi connectivity index (χ1v) is 10.9. The predicted molar refractivity (Wildman–Crippen MR) is 86.0 cm³/mol. The summed E-state index contributed by atoms with van der Waals surface area (Å²) in [6, 6.07) is 8.18. The highest BCUT2D eigenvalue weighted by molar-refractivity contribution is 6.57. The van der Waals surface area contributed by atoms with Crippen LogP contribution in [0.5, 0.6) is 0 Å². The van der Waals surface area contributed by atoms with Crippen molar-refractivity contribution in [3.63, 3.8) is 0 Å². The minimum Gasteiger partial charge on any atom is -0.378 e. The van der Waals surface area contributed by atoms with Crippen molar-refractivity contribution in [3.05, 3.63) is 35.4 Å². The first-order chi connectivity index (χ1) is 9.63. The molecule has 1 fully saturated rings. The Morgan fingerprint density at radius 1 is 1.25 bits per heavy atom. The van der Waals surface area contributed by atoms with Gasteiger partial charge in [0.1, 0.15) is 0 Å². The lowest BCUT2D eigenvalue weighted by Gasteiger charge is -2.20. The molecule has 0 heterocycles. The van der Waals surface area contributed by atoms with E-state index < -0.39 is 8.80 Å². The van der Waals surface area contributed by atoms with E-state index in [1.54, 1.807) is 0 Å². The second-order valence-corrected chi connectivity index (χ2v) is 9.18. The molecule has 1 unspecified atom stereocenters. The third kappa shape index (κ3) is 3.58. The van der Waals surface area contributed by atoms with E-state index >= 15 is 0 Å². The predicted octanol–water partition coefficient (Wildman–Crippen LogP) is 4.16. The number of rotatable bonds is 6. The van der Waals surface area contributed by atoms with Crippen molar-refractivity contribution < 1.29 is 9.53 Å². The molecule has 0 saturated heterocycles. The SMILES string of the molecule is CCOC(c1ccc(C(=O)C2CCCC2)cc1)[SiH](C)C. The van der Waals surface area contributed by atoms with Crippen molar-refractivity contribution in [1.29, 1.82) is 0 Å². The number of benzene rings is 1. The highest BCUT2D eigenvalue weighted by atomic mass is 28.3. The molecule has 0 bridgehead atoms. The standard InChI is InChI=1S/C17H26O2Si/c1-4-19-17(20(2)3)15-11-9-14(10-12-15)16(18)13-7-5-6-8-13/h9-13,17,20H,4-8H2,1-3H3. The van der Waals surface area contributed by atoms with Gasteiger partial charge in [-0.25, -0.2) is 0 Å². The Morgan fingerprint density at radius 2 is 1.85 bits per heavy atom. The minimum absolute atomic E-state index is 0.260. The monoisotopic (exact) mass is 290 g/mol. The maximum atomic E-state index is 12.4. The quantitative estimate of drug-likeness (QED) is 0.581. The molecule has 110 valence electrons. The largest absolute Gasteiger partial charge is 0.378 e. The maximum Gasteiger partial charge on any atom is 0.165 e. The van der Waals surface area contributed by atoms with E-state index in [1.165, 1.54) is 18.4 Å². The third-order valence-electron chi connectivity index (χ3n) is 4.20. The van der Waals surface area contributed by atoms with Crippen LogP contribution in [0.4, 0.5) is 0 Å². The molecule has 0 radical (unpaired) electrons. The number of hydrogen-bond acceptors (Lipinski definition) is 2. The van der Waals surface area contributed by atoms with Crippen LogP contribution in [0.2, 0.25) is 13.1 Å². The van der Waals surface area contributed by atoms with Crippen molar-refractivity contribution in [3.8, 4) is 0 Å². The second-order valence-electron chi connectivity index (χ2n) is 6.09. The Balaban J connectivity index is 2.10. The summed E-state index contributed by atoms with van der Waals surface area (Å²) in [5, 5.41) is 0. The summed E-state index contributed by atoms with van der Waals surface area (Å²) in [5.41, 5.74) is 2.37. The molecule has 1 aliphatic rings. The highest BCUT2D eigenvalue weighted by Gasteiger charge is 2.24. The third-order valence-corrected chi connectivity index (χ3v) is 5.99. The lowest BCUT2D eigenvalue weighted by atomic mass is 9.96. The maximum absolute atomic E-state index is 12.4. The van der Waals surface area contributed by atoms with Crippen molar-refractivity contribution in [2.45, 2.75) is 51.4 Å². The Morgan fingerprint density at radius 3 is 2.35 bits per heavy atom. The number of carbonyl (C=O) groups is 1. The fourth-order valence-corrected chi connectivity index (χ4v) is 4.68. The van der Waals surface area contributed by atoms with E-state index in [-0.39, 0.29) is 11.6 Å². The Labute approximate surface area is 124 Å². The van der Waals surface area contributed by atoms with Gasteiger partial charge in [-0.1, -0.05) is 50.2 Å². The number of ether oxygens (including phenoxy) is 1. The fourth-order valence-electron chi connectivity index (χ4n) is 3.11. The molecule has 1 aromatic carbocycles. The van der Waals surface area contributed by atoms with Gasteiger partial charge in [0.05, 0.1) is 14.5 Å². The molecule has 1 saturated carbocycles. The van der Waals surface area contributed by atoms with Gasteiger partial charge in [0.2, 0.25) is 0 Å². The Bertz CT molecular complexity index is 433. The summed E-state index contributed by atoms with van der Waals surface area (Å²) in [6.07, 6.45) is 4.56. The number of ketones is 1. The molecule has 2 rings (SSSR count). The minimum atomic E-state index is -0.899. The van der Waals surface area contributed by atoms with Crippen molar-refractivity contribution >= 4 is 14.6 Å². The lowest BCUT2D eigenvalue weighted by Crippen LogP contribution is -2.19. The van der Waals surface area contributed by atoms with E-state index in [0.717, 1.165) is 25.0 Å². The van der Waals surface area contributed by atoms with E-state index in [2.05, 4.69) is 25.2 Å². The molecule has 1 aromatic rings. The number of carbonyl (C=O) groups excluding carboxylic acids is 1. The van der Waals surface area contributed by atoms with Gasteiger partial charge in [0.25, 0.3) is 0 Å². The van der Waals surface area contributed by atoms with Crippen LogP contribution in [0.25, 0.3) is 0 Å². The van der Waals surface area contributed by atoms with Gasteiger partial charge in [-0.2, -0.15) is 0 Å². The van der Waals surface area contributed by atoms with E-state index in [0.29, 0.717) is 5.78 Å². The summed E-state index contributed by atoms with van der Waals surface area (Å²) in [4.78, 5) is 12.4. The average Bonchev–Trinajstić information content (AvgIpc) is 2.98.